The van der Waals surface area contributed by atoms with Crippen LogP contribution in [0.5, 0.6) is 0 Å². The van der Waals surface area contributed by atoms with Crippen LogP contribution >= 0.6 is 0 Å². The lowest BCUT2D eigenvalue weighted by Crippen LogP contribution is -2.15. The molecule has 1 aliphatic rings. The monoisotopic (exact) mass is 496 g/mol. The van der Waals surface area contributed by atoms with Crippen LogP contribution in [0.4, 0.5) is 4.39 Å². The van der Waals surface area contributed by atoms with E-state index in [2.05, 4.69) is 62.1 Å². The minimum atomic E-state index is -0.200. The molecule has 0 amide bonds. The van der Waals surface area contributed by atoms with Gasteiger partial charge in [0.05, 0.1) is 5.56 Å². The predicted molar refractivity (Wildman–Crippen MR) is 157 cm³/mol. The Morgan fingerprint density at radius 1 is 0.676 bits per heavy atom. The highest BCUT2D eigenvalue weighted by atomic mass is 19.1. The molecule has 0 saturated heterocycles. The van der Waals surface area contributed by atoms with Crippen LogP contribution in [0.15, 0.2) is 54.6 Å². The molecule has 0 atom stereocenters. The zero-order valence-electron chi connectivity index (χ0n) is 23.1. The van der Waals surface area contributed by atoms with Crippen molar-refractivity contribution in [1.82, 2.24) is 0 Å². The molecule has 1 fully saturated rings. The molecule has 0 nitrogen and oxygen atoms in total. The highest BCUT2D eigenvalue weighted by Gasteiger charge is 2.20. The first-order chi connectivity index (χ1) is 18.2. The van der Waals surface area contributed by atoms with E-state index < -0.39 is 0 Å². The van der Waals surface area contributed by atoms with Gasteiger partial charge >= 0.3 is 0 Å². The molecule has 0 aliphatic heterocycles. The summed E-state index contributed by atoms with van der Waals surface area (Å²) in [6, 6.07) is 18.5. The maximum absolute atomic E-state index is 15.3. The first kappa shape index (κ1) is 27.4. The molecular weight excluding hydrogens is 451 g/mol. The Morgan fingerprint density at radius 3 is 2.08 bits per heavy atom. The van der Waals surface area contributed by atoms with Gasteiger partial charge in [-0.15, -0.1) is 0 Å². The summed E-state index contributed by atoms with van der Waals surface area (Å²) in [5.74, 6) is 7.86. The van der Waals surface area contributed by atoms with Crippen molar-refractivity contribution in [2.24, 2.45) is 11.8 Å². The molecule has 196 valence electrons. The van der Waals surface area contributed by atoms with Gasteiger partial charge in [-0.2, -0.15) is 0 Å². The average molecular weight is 497 g/mol. The van der Waals surface area contributed by atoms with E-state index in [0.717, 1.165) is 35.6 Å². The number of aryl methyl sites for hydroxylation is 2. The van der Waals surface area contributed by atoms with Gasteiger partial charge in [-0.1, -0.05) is 126 Å². The van der Waals surface area contributed by atoms with Gasteiger partial charge in [0.1, 0.15) is 5.82 Å². The molecule has 3 aromatic carbocycles. The van der Waals surface area contributed by atoms with Crippen LogP contribution in [0, 0.1) is 29.5 Å². The summed E-state index contributed by atoms with van der Waals surface area (Å²) in [7, 11) is 0. The molecule has 0 spiro atoms. The number of hydrogen-bond donors (Lipinski definition) is 0. The second kappa shape index (κ2) is 14.4. The summed E-state index contributed by atoms with van der Waals surface area (Å²) < 4.78 is 15.3. The lowest BCUT2D eigenvalue weighted by Gasteiger charge is -2.28. The molecule has 37 heavy (non-hydrogen) atoms. The largest absolute Gasteiger partial charge is 0.205 e. The van der Waals surface area contributed by atoms with Crippen LogP contribution < -0.4 is 0 Å². The Morgan fingerprint density at radius 2 is 1.35 bits per heavy atom. The smallest absolute Gasteiger partial charge is 0.146 e. The first-order valence-electron chi connectivity index (χ1n) is 15.0. The summed E-state index contributed by atoms with van der Waals surface area (Å²) >= 11 is 0. The Kier molecular flexibility index (Phi) is 10.7. The third kappa shape index (κ3) is 8.20. The zero-order chi connectivity index (χ0) is 25.9. The number of halogens is 1. The lowest BCUT2D eigenvalue weighted by molar-refractivity contribution is 0.249. The fourth-order valence-electron chi connectivity index (χ4n) is 5.93. The van der Waals surface area contributed by atoms with E-state index in [9.17, 15) is 0 Å². The van der Waals surface area contributed by atoms with Crippen molar-refractivity contribution < 1.29 is 4.39 Å². The van der Waals surface area contributed by atoms with Gasteiger partial charge in [-0.3, -0.25) is 0 Å². The third-order valence-corrected chi connectivity index (χ3v) is 8.41. The Hall–Kier alpha value is -2.59. The van der Waals surface area contributed by atoms with Gasteiger partial charge in [0.25, 0.3) is 0 Å². The zero-order valence-corrected chi connectivity index (χ0v) is 23.1. The molecule has 0 aromatic heterocycles. The molecule has 1 heteroatoms. The second-order valence-corrected chi connectivity index (χ2v) is 11.3. The Balaban J connectivity index is 1.32. The normalized spacial score (nSPS) is 17.5. The minimum Gasteiger partial charge on any atom is -0.205 e. The quantitative estimate of drug-likeness (QED) is 0.183. The van der Waals surface area contributed by atoms with Crippen LogP contribution in [0.25, 0.3) is 10.8 Å². The van der Waals surface area contributed by atoms with Crippen LogP contribution in [0.2, 0.25) is 0 Å². The second-order valence-electron chi connectivity index (χ2n) is 11.3. The van der Waals surface area contributed by atoms with Gasteiger partial charge in [0, 0.05) is 10.9 Å². The number of fused-ring (bicyclic) bond motifs is 1. The third-order valence-electron chi connectivity index (χ3n) is 8.41. The van der Waals surface area contributed by atoms with E-state index in [1.54, 1.807) is 0 Å². The van der Waals surface area contributed by atoms with Crippen molar-refractivity contribution >= 4 is 10.8 Å². The SMILES string of the molecule is CCCCCc1ccc(C#Cc2ccc3cc(CCC4CCC(CCCCC)CC4)ccc3c2F)cc1. The maximum Gasteiger partial charge on any atom is 0.146 e. The molecule has 4 rings (SSSR count). The van der Waals surface area contributed by atoms with E-state index in [1.165, 1.54) is 88.2 Å². The summed E-state index contributed by atoms with van der Waals surface area (Å²) in [4.78, 5) is 0. The van der Waals surface area contributed by atoms with Gasteiger partial charge in [0.2, 0.25) is 0 Å². The first-order valence-corrected chi connectivity index (χ1v) is 15.0. The molecule has 3 aromatic rings. The molecule has 0 unspecified atom stereocenters. The summed E-state index contributed by atoms with van der Waals surface area (Å²) in [6.45, 7) is 4.52. The molecular formula is C36H45F. The van der Waals surface area contributed by atoms with Crippen molar-refractivity contribution in [3.8, 4) is 11.8 Å². The number of rotatable bonds is 11. The topological polar surface area (TPSA) is 0 Å². The highest BCUT2D eigenvalue weighted by Crippen LogP contribution is 2.34. The van der Waals surface area contributed by atoms with Crippen molar-refractivity contribution in [2.45, 2.75) is 104 Å². The van der Waals surface area contributed by atoms with Gasteiger partial charge < -0.3 is 0 Å². The fraction of sp³-hybridized carbons (Fsp3) is 0.500. The van der Waals surface area contributed by atoms with Crippen molar-refractivity contribution in [1.29, 1.82) is 0 Å². The predicted octanol–water partition coefficient (Wildman–Crippen LogP) is 10.4. The van der Waals surface area contributed by atoms with E-state index in [4.69, 9.17) is 0 Å². The molecule has 0 radical (unpaired) electrons. The van der Waals surface area contributed by atoms with E-state index in [0.29, 0.717) is 10.9 Å². The van der Waals surface area contributed by atoms with E-state index in [1.807, 2.05) is 18.2 Å². The molecule has 1 saturated carbocycles. The van der Waals surface area contributed by atoms with Crippen molar-refractivity contribution in [2.75, 3.05) is 0 Å². The summed E-state index contributed by atoms with van der Waals surface area (Å²) in [6.07, 6.45) is 18.4. The molecule has 0 bridgehead atoms. The highest BCUT2D eigenvalue weighted by molar-refractivity contribution is 5.85. The van der Waals surface area contributed by atoms with Crippen LogP contribution in [0.1, 0.15) is 113 Å². The van der Waals surface area contributed by atoms with Gasteiger partial charge in [0.15, 0.2) is 0 Å². The van der Waals surface area contributed by atoms with Crippen LogP contribution in [-0.4, -0.2) is 0 Å². The summed E-state index contributed by atoms with van der Waals surface area (Å²) in [5.41, 5.74) is 4.09. The van der Waals surface area contributed by atoms with Crippen LogP contribution in [-0.2, 0) is 12.8 Å². The van der Waals surface area contributed by atoms with Crippen molar-refractivity contribution in [3.05, 3.63) is 82.7 Å². The van der Waals surface area contributed by atoms with Gasteiger partial charge in [-0.25, -0.2) is 4.39 Å². The van der Waals surface area contributed by atoms with E-state index in [-0.39, 0.29) is 5.82 Å². The standard InChI is InChI=1S/C36H45F/c1-3-5-7-9-28-11-15-30(16-12-28)19-20-32-22-26-35-34(27-32)25-24-33(36(35)37)23-21-31-17-13-29(14-18-31)10-8-6-4-2/h13-14,17-18,22,24-28,30H,3-12,15-16,19-20H2,1-2H3. The summed E-state index contributed by atoms with van der Waals surface area (Å²) in [5, 5.41) is 1.66. The number of unbranched alkanes of at least 4 members (excludes halogenated alkanes) is 4. The number of hydrogen-bond acceptors (Lipinski definition) is 0. The Labute approximate surface area is 225 Å². The van der Waals surface area contributed by atoms with Crippen molar-refractivity contribution in [3.63, 3.8) is 0 Å². The van der Waals surface area contributed by atoms with Crippen LogP contribution in [0.3, 0.4) is 0 Å². The fourth-order valence-corrected chi connectivity index (χ4v) is 5.93. The molecule has 1 aliphatic carbocycles. The Bertz CT molecular complexity index is 1170. The number of benzene rings is 3. The lowest BCUT2D eigenvalue weighted by atomic mass is 9.77. The minimum absolute atomic E-state index is 0.200. The average Bonchev–Trinajstić information content (AvgIpc) is 2.93. The maximum atomic E-state index is 15.3. The van der Waals surface area contributed by atoms with Gasteiger partial charge in [-0.05, 0) is 72.2 Å². The molecule has 0 N–H and O–H groups in total. The van der Waals surface area contributed by atoms with E-state index >= 15 is 4.39 Å². The molecule has 0 heterocycles.